The van der Waals surface area contributed by atoms with Crippen LogP contribution in [-0.4, -0.2) is 60.9 Å². The highest BCUT2D eigenvalue weighted by Gasteiger charge is 2.35. The van der Waals surface area contributed by atoms with E-state index in [0.717, 1.165) is 5.56 Å². The van der Waals surface area contributed by atoms with Gasteiger partial charge in [-0.1, -0.05) is 25.5 Å². The highest BCUT2D eigenvalue weighted by molar-refractivity contribution is 7.91. The number of carbonyl (C=O) groups excluding carboxylic acids is 2. The molecule has 0 bridgehead atoms. The van der Waals surface area contributed by atoms with Gasteiger partial charge in [-0.15, -0.1) is 0 Å². The molecule has 0 aliphatic carbocycles. The molecule has 7 nitrogen and oxygen atoms in total. The van der Waals surface area contributed by atoms with E-state index >= 15 is 0 Å². The van der Waals surface area contributed by atoms with E-state index in [1.54, 1.807) is 17.9 Å². The molecular formula is C22H28N2O5S. The van der Waals surface area contributed by atoms with Crippen LogP contribution in [0.1, 0.15) is 41.9 Å². The minimum atomic E-state index is -3.13. The smallest absolute Gasteiger partial charge is 0.339 e. The molecule has 3 rings (SSSR count). The number of aryl methyl sites for hydroxylation is 2. The Bertz CT molecular complexity index is 1080. The van der Waals surface area contributed by atoms with Crippen molar-refractivity contribution in [3.63, 3.8) is 0 Å². The van der Waals surface area contributed by atoms with Gasteiger partial charge < -0.3 is 9.64 Å². The zero-order chi connectivity index (χ0) is 22.1. The lowest BCUT2D eigenvalue weighted by Crippen LogP contribution is -2.45. The number of nitrogens with zero attached hydrogens (tertiary/aromatic N) is 2. The maximum atomic E-state index is 12.8. The Kier molecular flexibility index (Phi) is 6.45. The summed E-state index contributed by atoms with van der Waals surface area (Å²) in [6.45, 7) is 7.65. The predicted molar refractivity (Wildman–Crippen MR) is 115 cm³/mol. The molecule has 162 valence electrons. The van der Waals surface area contributed by atoms with Gasteiger partial charge >= 0.3 is 5.97 Å². The van der Waals surface area contributed by atoms with Gasteiger partial charge in [0.05, 0.1) is 22.6 Å². The number of fused-ring (bicyclic) bond motifs is 1. The molecule has 1 aromatic carbocycles. The Hall–Kier alpha value is -2.48. The summed E-state index contributed by atoms with van der Waals surface area (Å²) in [7, 11) is -3.13. The van der Waals surface area contributed by atoms with Crippen LogP contribution in [0, 0.1) is 19.8 Å². The van der Waals surface area contributed by atoms with E-state index in [2.05, 4.69) is 4.98 Å². The first-order valence-electron chi connectivity index (χ1n) is 10.1. The number of benzene rings is 1. The maximum absolute atomic E-state index is 12.8. The van der Waals surface area contributed by atoms with E-state index in [0.29, 0.717) is 35.1 Å². The van der Waals surface area contributed by atoms with Crippen LogP contribution >= 0.6 is 0 Å². The topological polar surface area (TPSA) is 93.6 Å². The third-order valence-electron chi connectivity index (χ3n) is 5.17. The average Bonchev–Trinajstić information content (AvgIpc) is 3.03. The van der Waals surface area contributed by atoms with Gasteiger partial charge in [0.15, 0.2) is 16.4 Å². The number of esters is 1. The molecule has 1 atom stereocenters. The summed E-state index contributed by atoms with van der Waals surface area (Å²) in [4.78, 5) is 31.6. The fraction of sp³-hybridized carbons (Fsp3) is 0.500. The Labute approximate surface area is 177 Å². The van der Waals surface area contributed by atoms with Crippen LogP contribution in [0.3, 0.4) is 0 Å². The number of carbonyl (C=O) groups is 2. The molecule has 0 radical (unpaired) electrons. The van der Waals surface area contributed by atoms with Crippen molar-refractivity contribution in [1.82, 2.24) is 9.88 Å². The summed E-state index contributed by atoms with van der Waals surface area (Å²) in [5.74, 6) is -0.741. The molecule has 1 fully saturated rings. The molecule has 8 heteroatoms. The molecule has 2 aromatic rings. The second-order valence-corrected chi connectivity index (χ2v) is 10.6. The Morgan fingerprint density at radius 1 is 1.23 bits per heavy atom. The Morgan fingerprint density at radius 2 is 1.97 bits per heavy atom. The Balaban J connectivity index is 1.76. The molecule has 1 amide bonds. The Morgan fingerprint density at radius 3 is 2.60 bits per heavy atom. The first-order valence-corrected chi connectivity index (χ1v) is 11.9. The highest BCUT2D eigenvalue weighted by Crippen LogP contribution is 2.22. The van der Waals surface area contributed by atoms with Crippen molar-refractivity contribution in [3.8, 4) is 0 Å². The van der Waals surface area contributed by atoms with Gasteiger partial charge in [0.25, 0.3) is 5.91 Å². The van der Waals surface area contributed by atoms with Crippen LogP contribution < -0.4 is 0 Å². The number of rotatable bonds is 6. The number of sulfone groups is 1. The molecule has 2 heterocycles. The second kappa shape index (κ2) is 8.71. The van der Waals surface area contributed by atoms with Gasteiger partial charge in [0.2, 0.25) is 0 Å². The number of ether oxygens (including phenoxy) is 1. The lowest BCUT2D eigenvalue weighted by molar-refractivity contribution is -0.137. The van der Waals surface area contributed by atoms with Crippen LogP contribution in [0.2, 0.25) is 0 Å². The zero-order valence-electron chi connectivity index (χ0n) is 17.8. The van der Waals surface area contributed by atoms with Crippen molar-refractivity contribution in [3.05, 3.63) is 41.1 Å². The minimum Gasteiger partial charge on any atom is -0.452 e. The minimum absolute atomic E-state index is 0.0349. The largest absolute Gasteiger partial charge is 0.452 e. The molecule has 1 aliphatic rings. The zero-order valence-corrected chi connectivity index (χ0v) is 18.7. The summed E-state index contributed by atoms with van der Waals surface area (Å²) >= 11 is 0. The number of hydrogen-bond donors (Lipinski definition) is 0. The summed E-state index contributed by atoms with van der Waals surface area (Å²) in [5.41, 5.74) is 2.73. The highest BCUT2D eigenvalue weighted by atomic mass is 32.2. The first kappa shape index (κ1) is 22.2. The van der Waals surface area contributed by atoms with Crippen molar-refractivity contribution in [2.24, 2.45) is 5.92 Å². The van der Waals surface area contributed by atoms with Crippen molar-refractivity contribution in [1.29, 1.82) is 0 Å². The first-order chi connectivity index (χ1) is 14.1. The molecule has 1 saturated heterocycles. The van der Waals surface area contributed by atoms with Crippen LogP contribution in [0.5, 0.6) is 0 Å². The van der Waals surface area contributed by atoms with Gasteiger partial charge in [-0.25, -0.2) is 13.2 Å². The van der Waals surface area contributed by atoms with Gasteiger partial charge in [-0.3, -0.25) is 9.78 Å². The van der Waals surface area contributed by atoms with Crippen LogP contribution in [0.25, 0.3) is 10.9 Å². The van der Waals surface area contributed by atoms with E-state index in [1.165, 1.54) is 0 Å². The molecule has 1 unspecified atom stereocenters. The molecule has 1 aromatic heterocycles. The summed E-state index contributed by atoms with van der Waals surface area (Å²) in [5, 5.41) is 0.680. The quantitative estimate of drug-likeness (QED) is 0.652. The average molecular weight is 433 g/mol. The third kappa shape index (κ3) is 5.16. The molecule has 0 spiro atoms. The van der Waals surface area contributed by atoms with E-state index in [1.807, 2.05) is 39.0 Å². The predicted octanol–water partition coefficient (Wildman–Crippen LogP) is 2.68. The number of hydrogen-bond acceptors (Lipinski definition) is 6. The SMILES string of the molecule is Cc1ccc2nc(C)cc(C(=O)OCC(=O)N(CC(C)C)C3CCS(=O)(=O)C3)c2c1. The standard InChI is InChI=1S/C22H28N2O5S/c1-14(2)11-24(17-7-8-30(27,28)13-17)21(25)12-29-22(26)19-10-16(4)23-20-6-5-15(3)9-18(19)20/h5-6,9-10,14,17H,7-8,11-13H2,1-4H3. The molecule has 1 aliphatic heterocycles. The molecule has 0 N–H and O–H groups in total. The van der Waals surface area contributed by atoms with Gasteiger partial charge in [-0.05, 0) is 44.4 Å². The van der Waals surface area contributed by atoms with Crippen LogP contribution in [-0.2, 0) is 19.4 Å². The maximum Gasteiger partial charge on any atom is 0.339 e. The van der Waals surface area contributed by atoms with Crippen molar-refractivity contribution in [2.45, 2.75) is 40.2 Å². The molecule has 30 heavy (non-hydrogen) atoms. The number of pyridine rings is 1. The van der Waals surface area contributed by atoms with E-state index in [9.17, 15) is 18.0 Å². The van der Waals surface area contributed by atoms with Crippen LogP contribution in [0.4, 0.5) is 0 Å². The molecular weight excluding hydrogens is 404 g/mol. The number of aromatic nitrogens is 1. The fourth-order valence-corrected chi connectivity index (χ4v) is 5.53. The third-order valence-corrected chi connectivity index (χ3v) is 6.92. The van der Waals surface area contributed by atoms with E-state index < -0.39 is 22.4 Å². The van der Waals surface area contributed by atoms with E-state index in [-0.39, 0.29) is 29.4 Å². The second-order valence-electron chi connectivity index (χ2n) is 8.40. The monoisotopic (exact) mass is 432 g/mol. The van der Waals surface area contributed by atoms with Crippen LogP contribution in [0.15, 0.2) is 24.3 Å². The van der Waals surface area contributed by atoms with E-state index in [4.69, 9.17) is 4.74 Å². The lowest BCUT2D eigenvalue weighted by atomic mass is 10.1. The number of amides is 1. The summed E-state index contributed by atoms with van der Waals surface area (Å²) in [6.07, 6.45) is 0.419. The summed E-state index contributed by atoms with van der Waals surface area (Å²) in [6, 6.07) is 6.94. The van der Waals surface area contributed by atoms with Crippen molar-refractivity contribution >= 4 is 32.6 Å². The summed E-state index contributed by atoms with van der Waals surface area (Å²) < 4.78 is 29.1. The fourth-order valence-electron chi connectivity index (χ4n) is 3.80. The van der Waals surface area contributed by atoms with Gasteiger partial charge in [-0.2, -0.15) is 0 Å². The lowest BCUT2D eigenvalue weighted by Gasteiger charge is -2.29. The van der Waals surface area contributed by atoms with Crippen molar-refractivity contribution in [2.75, 3.05) is 24.7 Å². The van der Waals surface area contributed by atoms with Gasteiger partial charge in [0.1, 0.15) is 0 Å². The molecule has 0 saturated carbocycles. The normalized spacial score (nSPS) is 18.0. The van der Waals surface area contributed by atoms with Crippen molar-refractivity contribution < 1.29 is 22.7 Å². The van der Waals surface area contributed by atoms with Gasteiger partial charge in [0, 0.05) is 23.7 Å².